The zero-order valence-corrected chi connectivity index (χ0v) is 15.3. The number of quaternary nitrogens is 1. The van der Waals surface area contributed by atoms with Gasteiger partial charge in [-0.2, -0.15) is 0 Å². The van der Waals surface area contributed by atoms with Crippen molar-refractivity contribution in [2.24, 2.45) is 0 Å². The number of benzene rings is 1. The number of hydrogen-bond acceptors (Lipinski definition) is 5. The molecule has 1 unspecified atom stereocenters. The lowest BCUT2D eigenvalue weighted by molar-refractivity contribution is -0.909. The van der Waals surface area contributed by atoms with E-state index in [1.54, 1.807) is 19.0 Å². The maximum Gasteiger partial charge on any atom is 0.293 e. The van der Waals surface area contributed by atoms with Gasteiger partial charge in [-0.15, -0.1) is 0 Å². The minimum absolute atomic E-state index is 0.113. The van der Waals surface area contributed by atoms with E-state index in [4.69, 9.17) is 4.74 Å². The lowest BCUT2D eigenvalue weighted by atomic mass is 10.1. The molecule has 25 heavy (non-hydrogen) atoms. The van der Waals surface area contributed by atoms with Crippen molar-refractivity contribution in [3.63, 3.8) is 0 Å². The minimum atomic E-state index is -0.481. The predicted octanol–water partition coefficient (Wildman–Crippen LogP) is 0.466. The highest BCUT2D eigenvalue weighted by Crippen LogP contribution is 2.34. The summed E-state index contributed by atoms with van der Waals surface area (Å²) in [7, 11) is 4.88. The van der Waals surface area contributed by atoms with Gasteiger partial charge in [-0.05, 0) is 6.92 Å². The molecule has 1 aromatic rings. The van der Waals surface area contributed by atoms with Crippen LogP contribution in [-0.2, 0) is 0 Å². The Morgan fingerprint density at radius 2 is 2.20 bits per heavy atom. The molecule has 0 aromatic heterocycles. The quantitative estimate of drug-likeness (QED) is 0.550. The number of ether oxygens (including phenoxy) is 1. The maximum atomic E-state index is 12.6. The molecular formula is C17H27N4O4+. The average Bonchev–Trinajstić information content (AvgIpc) is 3.05. The third-order valence-corrected chi connectivity index (χ3v) is 4.81. The van der Waals surface area contributed by atoms with Gasteiger partial charge in [0.05, 0.1) is 37.2 Å². The van der Waals surface area contributed by atoms with Crippen LogP contribution in [0, 0.1) is 10.1 Å². The maximum absolute atomic E-state index is 12.6. The molecule has 0 saturated carbocycles. The lowest BCUT2D eigenvalue weighted by Gasteiger charge is -2.20. The third-order valence-electron chi connectivity index (χ3n) is 4.81. The minimum Gasteiger partial charge on any atom is -0.496 e. The number of rotatable bonds is 7. The van der Waals surface area contributed by atoms with E-state index in [1.807, 2.05) is 0 Å². The van der Waals surface area contributed by atoms with Crippen LogP contribution in [0.4, 0.5) is 11.4 Å². The molecule has 2 rings (SSSR count). The first kappa shape index (κ1) is 19.0. The second kappa shape index (κ2) is 8.15. The molecule has 1 fully saturated rings. The summed E-state index contributed by atoms with van der Waals surface area (Å²) in [4.78, 5) is 26.6. The van der Waals surface area contributed by atoms with E-state index in [2.05, 4.69) is 12.2 Å². The standard InChI is InChI=1S/C17H26N4O4/c1-5-20-8-6-7-12(20)11-18-17(22)13-9-15(21(23)24)14(19(2)3)10-16(13)25-4/h9-10,12H,5-8,11H2,1-4H3,(H,18,22)/p+1/t12-/m1/s1. The topological polar surface area (TPSA) is 89.1 Å². The van der Waals surface area contributed by atoms with E-state index in [0.717, 1.165) is 25.9 Å². The van der Waals surface area contributed by atoms with Crippen LogP contribution in [0.25, 0.3) is 0 Å². The number of amides is 1. The monoisotopic (exact) mass is 351 g/mol. The van der Waals surface area contributed by atoms with Crippen molar-refractivity contribution in [2.75, 3.05) is 45.7 Å². The number of likely N-dealkylation sites (tertiary alicyclic amines) is 1. The fourth-order valence-electron chi connectivity index (χ4n) is 3.42. The highest BCUT2D eigenvalue weighted by Gasteiger charge is 2.28. The first-order valence-electron chi connectivity index (χ1n) is 8.55. The Morgan fingerprint density at radius 1 is 1.48 bits per heavy atom. The Hall–Kier alpha value is -2.35. The average molecular weight is 351 g/mol. The number of likely N-dealkylation sites (N-methyl/N-ethyl adjacent to an activating group) is 1. The smallest absolute Gasteiger partial charge is 0.293 e. The van der Waals surface area contributed by atoms with Crippen molar-refractivity contribution in [1.29, 1.82) is 0 Å². The van der Waals surface area contributed by atoms with Crippen molar-refractivity contribution in [1.82, 2.24) is 5.32 Å². The van der Waals surface area contributed by atoms with Crippen LogP contribution in [-0.4, -0.2) is 57.7 Å². The third kappa shape index (κ3) is 4.19. The van der Waals surface area contributed by atoms with Gasteiger partial charge in [-0.25, -0.2) is 0 Å². The molecule has 2 atom stereocenters. The van der Waals surface area contributed by atoms with Gasteiger partial charge >= 0.3 is 0 Å². The van der Waals surface area contributed by atoms with Crippen molar-refractivity contribution in [2.45, 2.75) is 25.8 Å². The Kier molecular flexibility index (Phi) is 6.19. The lowest BCUT2D eigenvalue weighted by Crippen LogP contribution is -3.14. The summed E-state index contributed by atoms with van der Waals surface area (Å²) in [6.45, 7) is 4.87. The molecule has 0 radical (unpaired) electrons. The molecule has 1 aromatic carbocycles. The van der Waals surface area contributed by atoms with Crippen molar-refractivity contribution in [3.05, 3.63) is 27.8 Å². The van der Waals surface area contributed by atoms with E-state index >= 15 is 0 Å². The molecule has 1 heterocycles. The first-order chi connectivity index (χ1) is 11.9. The van der Waals surface area contributed by atoms with Gasteiger partial charge in [-0.3, -0.25) is 14.9 Å². The van der Waals surface area contributed by atoms with Crippen LogP contribution in [0.1, 0.15) is 30.1 Å². The fourth-order valence-corrected chi connectivity index (χ4v) is 3.42. The van der Waals surface area contributed by atoms with E-state index in [9.17, 15) is 14.9 Å². The fraction of sp³-hybridized carbons (Fsp3) is 0.588. The first-order valence-corrected chi connectivity index (χ1v) is 8.55. The Labute approximate surface area is 147 Å². The SMILES string of the molecule is CC[NH+]1CCC[C@@H]1CNC(=O)c1cc([N+](=O)[O-])c(N(C)C)cc1OC. The normalized spacial score (nSPS) is 19.5. The second-order valence-corrected chi connectivity index (χ2v) is 6.50. The number of nitrogens with one attached hydrogen (secondary N) is 2. The van der Waals surface area contributed by atoms with Crippen LogP contribution in [0.5, 0.6) is 5.75 Å². The summed E-state index contributed by atoms with van der Waals surface area (Å²) in [6, 6.07) is 3.23. The van der Waals surface area contributed by atoms with Gasteiger partial charge in [-0.1, -0.05) is 0 Å². The van der Waals surface area contributed by atoms with Crippen molar-refractivity contribution >= 4 is 17.3 Å². The largest absolute Gasteiger partial charge is 0.496 e. The van der Waals surface area contributed by atoms with Crippen LogP contribution in [0.15, 0.2) is 12.1 Å². The number of nitro groups is 1. The highest BCUT2D eigenvalue weighted by molar-refractivity contribution is 5.98. The van der Waals surface area contributed by atoms with Gasteiger partial charge in [0, 0.05) is 39.1 Å². The molecule has 138 valence electrons. The van der Waals surface area contributed by atoms with Gasteiger partial charge in [0.25, 0.3) is 11.6 Å². The molecule has 1 aliphatic rings. The molecular weight excluding hydrogens is 324 g/mol. The number of carbonyl (C=O) groups is 1. The number of methoxy groups -OCH3 is 1. The van der Waals surface area contributed by atoms with Gasteiger partial charge in [0.1, 0.15) is 17.5 Å². The van der Waals surface area contributed by atoms with Gasteiger partial charge < -0.3 is 19.9 Å². The van der Waals surface area contributed by atoms with E-state index in [0.29, 0.717) is 24.0 Å². The molecule has 1 amide bonds. The van der Waals surface area contributed by atoms with Crippen LogP contribution >= 0.6 is 0 Å². The molecule has 1 saturated heterocycles. The Bertz CT molecular complexity index is 648. The van der Waals surface area contributed by atoms with Crippen LogP contribution in [0.3, 0.4) is 0 Å². The van der Waals surface area contributed by atoms with E-state index < -0.39 is 4.92 Å². The van der Waals surface area contributed by atoms with E-state index in [-0.39, 0.29) is 17.2 Å². The number of nitrogens with zero attached hydrogens (tertiary/aromatic N) is 2. The zero-order valence-electron chi connectivity index (χ0n) is 15.3. The van der Waals surface area contributed by atoms with Crippen LogP contribution in [0.2, 0.25) is 0 Å². The number of anilines is 1. The van der Waals surface area contributed by atoms with Gasteiger partial charge in [0.15, 0.2) is 0 Å². The van der Waals surface area contributed by atoms with E-state index in [1.165, 1.54) is 24.1 Å². The number of hydrogen-bond donors (Lipinski definition) is 2. The summed E-state index contributed by atoms with van der Waals surface area (Å²) in [5.41, 5.74) is 0.476. The van der Waals surface area contributed by atoms with Crippen LogP contribution < -0.4 is 19.9 Å². The molecule has 1 aliphatic heterocycles. The molecule has 0 spiro atoms. The second-order valence-electron chi connectivity index (χ2n) is 6.50. The highest BCUT2D eigenvalue weighted by atomic mass is 16.6. The summed E-state index contributed by atoms with van der Waals surface area (Å²) < 4.78 is 5.29. The number of nitro benzene ring substituents is 1. The molecule has 0 bridgehead atoms. The summed E-state index contributed by atoms with van der Waals surface area (Å²) in [5, 5.41) is 14.3. The Balaban J connectivity index is 2.23. The Morgan fingerprint density at radius 3 is 2.76 bits per heavy atom. The van der Waals surface area contributed by atoms with Crippen molar-refractivity contribution < 1.29 is 19.4 Å². The zero-order chi connectivity index (χ0) is 18.6. The summed E-state index contributed by atoms with van der Waals surface area (Å²) in [5.74, 6) is -0.00877. The van der Waals surface area contributed by atoms with Crippen molar-refractivity contribution in [3.8, 4) is 5.75 Å². The van der Waals surface area contributed by atoms with Gasteiger partial charge in [0.2, 0.25) is 0 Å². The summed E-state index contributed by atoms with van der Waals surface area (Å²) in [6.07, 6.45) is 2.25. The number of carbonyl (C=O) groups excluding carboxylic acids is 1. The summed E-state index contributed by atoms with van der Waals surface area (Å²) >= 11 is 0. The predicted molar refractivity (Wildman–Crippen MR) is 95.7 cm³/mol. The molecule has 8 nitrogen and oxygen atoms in total. The molecule has 0 aliphatic carbocycles. The molecule has 8 heteroatoms. The molecule has 2 N–H and O–H groups in total.